The van der Waals surface area contributed by atoms with E-state index in [9.17, 15) is 19.5 Å². The van der Waals surface area contributed by atoms with Crippen molar-refractivity contribution in [1.82, 2.24) is 9.80 Å². The van der Waals surface area contributed by atoms with Gasteiger partial charge in [-0.1, -0.05) is 34.7 Å². The minimum atomic E-state index is -1.16. The smallest absolute Gasteiger partial charge is 0.312 e. The first kappa shape index (κ1) is 23.9. The highest BCUT2D eigenvalue weighted by molar-refractivity contribution is 9.09. The van der Waals surface area contributed by atoms with Crippen LogP contribution in [0.2, 0.25) is 0 Å². The van der Waals surface area contributed by atoms with Gasteiger partial charge in [0.15, 0.2) is 0 Å². The monoisotopic (exact) mass is 498 g/mol. The molecule has 8 nitrogen and oxygen atoms in total. The first-order valence-corrected chi connectivity index (χ1v) is 11.5. The maximum atomic E-state index is 13.8. The summed E-state index contributed by atoms with van der Waals surface area (Å²) in [6.07, 6.45) is 2.94. The number of nitrogens with zero attached hydrogens (tertiary/aromatic N) is 2. The van der Waals surface area contributed by atoms with E-state index in [0.29, 0.717) is 13.0 Å². The van der Waals surface area contributed by atoms with E-state index >= 15 is 0 Å². The van der Waals surface area contributed by atoms with E-state index in [0.717, 1.165) is 0 Å². The number of rotatable bonds is 9. The number of fused-ring (bicyclic) bond motifs is 1. The van der Waals surface area contributed by atoms with Gasteiger partial charge in [-0.2, -0.15) is 0 Å². The Balaban J connectivity index is 2.09. The molecule has 3 rings (SSSR count). The lowest BCUT2D eigenvalue weighted by molar-refractivity contribution is -0.155. The molecule has 2 amide bonds. The van der Waals surface area contributed by atoms with Crippen molar-refractivity contribution in [1.29, 1.82) is 0 Å². The summed E-state index contributed by atoms with van der Waals surface area (Å²) in [7, 11) is 0. The third-order valence-electron chi connectivity index (χ3n) is 6.55. The number of amides is 2. The van der Waals surface area contributed by atoms with E-state index in [2.05, 4.69) is 29.1 Å². The lowest BCUT2D eigenvalue weighted by Gasteiger charge is -2.39. The summed E-state index contributed by atoms with van der Waals surface area (Å²) < 4.78 is 11.6. The number of carbonyl (C=O) groups excluding carboxylic acids is 3. The molecule has 3 saturated heterocycles. The van der Waals surface area contributed by atoms with Gasteiger partial charge in [0.25, 0.3) is 0 Å². The summed E-state index contributed by atoms with van der Waals surface area (Å²) in [6, 6.07) is -1.69. The number of hydrogen-bond acceptors (Lipinski definition) is 6. The van der Waals surface area contributed by atoms with Gasteiger partial charge in [0.2, 0.25) is 11.8 Å². The van der Waals surface area contributed by atoms with Crippen molar-refractivity contribution in [2.24, 2.45) is 11.8 Å². The van der Waals surface area contributed by atoms with Gasteiger partial charge in [0.05, 0.1) is 30.6 Å². The molecule has 3 aliphatic heterocycles. The van der Waals surface area contributed by atoms with Crippen LogP contribution in [-0.4, -0.2) is 87.1 Å². The van der Waals surface area contributed by atoms with Crippen molar-refractivity contribution in [2.45, 2.75) is 61.8 Å². The molecule has 0 saturated carbocycles. The minimum Gasteiger partial charge on any atom is -0.461 e. The Kier molecular flexibility index (Phi) is 6.98. The first-order valence-electron chi connectivity index (χ1n) is 10.6. The SMILES string of the molecule is C=CCOC(=O)[C@H]1[C@H]2C(=O)N([C@H](C)CO)C(C(=O)N(CC=C)C(C)C)C23CC(Br)[C@@H]1O3. The Labute approximate surface area is 191 Å². The van der Waals surface area contributed by atoms with E-state index in [4.69, 9.17) is 9.47 Å². The van der Waals surface area contributed by atoms with Gasteiger partial charge in [0, 0.05) is 17.4 Å². The summed E-state index contributed by atoms with van der Waals surface area (Å²) in [5, 5.41) is 9.85. The second kappa shape index (κ2) is 9.03. The second-order valence-electron chi connectivity index (χ2n) is 8.73. The van der Waals surface area contributed by atoms with Gasteiger partial charge in [-0.15, -0.1) is 6.58 Å². The molecule has 0 aromatic heterocycles. The average molecular weight is 499 g/mol. The molecule has 3 aliphatic rings. The van der Waals surface area contributed by atoms with Crippen LogP contribution in [0.4, 0.5) is 0 Å². The van der Waals surface area contributed by atoms with Gasteiger partial charge < -0.3 is 24.4 Å². The van der Waals surface area contributed by atoms with E-state index in [1.54, 1.807) is 17.9 Å². The molecule has 0 aromatic carbocycles. The van der Waals surface area contributed by atoms with Gasteiger partial charge in [-0.3, -0.25) is 14.4 Å². The van der Waals surface area contributed by atoms with Crippen LogP contribution in [0.5, 0.6) is 0 Å². The molecule has 0 radical (unpaired) electrons. The number of aliphatic hydroxyl groups excluding tert-OH is 1. The number of halogens is 1. The number of esters is 1. The summed E-state index contributed by atoms with van der Waals surface area (Å²) >= 11 is 3.60. The zero-order chi connectivity index (χ0) is 23.1. The molecule has 2 bridgehead atoms. The van der Waals surface area contributed by atoms with Crippen molar-refractivity contribution in [2.75, 3.05) is 19.8 Å². The molecule has 0 aromatic rings. The maximum Gasteiger partial charge on any atom is 0.312 e. The van der Waals surface area contributed by atoms with Gasteiger partial charge >= 0.3 is 5.97 Å². The van der Waals surface area contributed by atoms with Gasteiger partial charge in [-0.25, -0.2) is 0 Å². The fraction of sp³-hybridized carbons (Fsp3) is 0.682. The molecular weight excluding hydrogens is 468 g/mol. The van der Waals surface area contributed by atoms with Crippen molar-refractivity contribution in [3.63, 3.8) is 0 Å². The standard InChI is InChI=1S/C22H31BrN2O6/c1-6-8-24(12(3)4)20(28)18-22-10-14(23)17(31-22)15(21(29)30-9-7-2)16(22)19(27)25(18)13(5)11-26/h6-7,12-18,26H,1-2,8-11H2,3-5H3/t13-,14?,15+,16+,17+,18?,22?/m1/s1. The van der Waals surface area contributed by atoms with Crippen LogP contribution < -0.4 is 0 Å². The normalized spacial score (nSPS) is 34.6. The molecule has 3 fully saturated rings. The summed E-state index contributed by atoms with van der Waals surface area (Å²) in [5.41, 5.74) is -1.16. The van der Waals surface area contributed by atoms with E-state index < -0.39 is 41.6 Å². The molecule has 7 atom stereocenters. The number of alkyl halides is 1. The van der Waals surface area contributed by atoms with Crippen molar-refractivity contribution < 1.29 is 29.0 Å². The molecule has 31 heavy (non-hydrogen) atoms. The highest BCUT2D eigenvalue weighted by Gasteiger charge is 2.77. The van der Waals surface area contributed by atoms with E-state index in [-0.39, 0.29) is 35.9 Å². The summed E-state index contributed by atoms with van der Waals surface area (Å²) in [4.78, 5) is 43.2. The Morgan fingerprint density at radius 1 is 1.39 bits per heavy atom. The zero-order valence-electron chi connectivity index (χ0n) is 18.2. The first-order chi connectivity index (χ1) is 14.7. The Hall–Kier alpha value is -1.71. The summed E-state index contributed by atoms with van der Waals surface area (Å²) in [6.45, 7) is 12.8. The number of hydrogen-bond donors (Lipinski definition) is 1. The molecule has 1 N–H and O–H groups in total. The Bertz CT molecular complexity index is 773. The number of aliphatic hydroxyl groups is 1. The number of ether oxygens (including phenoxy) is 2. The maximum absolute atomic E-state index is 13.8. The predicted molar refractivity (Wildman–Crippen MR) is 117 cm³/mol. The van der Waals surface area contributed by atoms with Crippen molar-refractivity contribution in [3.05, 3.63) is 25.3 Å². The number of carbonyl (C=O) groups is 3. The molecule has 172 valence electrons. The van der Waals surface area contributed by atoms with Crippen LogP contribution in [-0.2, 0) is 23.9 Å². The molecule has 9 heteroatoms. The number of likely N-dealkylation sites (tertiary alicyclic amines) is 1. The largest absolute Gasteiger partial charge is 0.461 e. The van der Waals surface area contributed by atoms with Crippen LogP contribution in [0.1, 0.15) is 27.2 Å². The highest BCUT2D eigenvalue weighted by atomic mass is 79.9. The molecule has 3 heterocycles. The van der Waals surface area contributed by atoms with Crippen LogP contribution in [0, 0.1) is 11.8 Å². The van der Waals surface area contributed by atoms with Crippen LogP contribution in [0.3, 0.4) is 0 Å². The Morgan fingerprint density at radius 2 is 2.06 bits per heavy atom. The third kappa shape index (κ3) is 3.64. The molecule has 1 spiro atoms. The van der Waals surface area contributed by atoms with Crippen LogP contribution >= 0.6 is 15.9 Å². The molecular formula is C22H31BrN2O6. The fourth-order valence-corrected chi connectivity index (χ4v) is 6.21. The highest BCUT2D eigenvalue weighted by Crippen LogP contribution is 2.60. The van der Waals surface area contributed by atoms with E-state index in [1.165, 1.54) is 11.0 Å². The topological polar surface area (TPSA) is 96.4 Å². The lowest BCUT2D eigenvalue weighted by Crippen LogP contribution is -2.59. The zero-order valence-corrected chi connectivity index (χ0v) is 19.8. The summed E-state index contributed by atoms with van der Waals surface area (Å²) in [5.74, 6) is -2.84. The fourth-order valence-electron chi connectivity index (χ4n) is 5.27. The van der Waals surface area contributed by atoms with Gasteiger partial charge in [0.1, 0.15) is 18.2 Å². The van der Waals surface area contributed by atoms with Crippen LogP contribution in [0.25, 0.3) is 0 Å². The lowest BCUT2D eigenvalue weighted by atomic mass is 9.70. The average Bonchev–Trinajstić information content (AvgIpc) is 3.32. The minimum absolute atomic E-state index is 0.0303. The third-order valence-corrected chi connectivity index (χ3v) is 7.39. The molecule has 0 aliphatic carbocycles. The predicted octanol–water partition coefficient (Wildman–Crippen LogP) is 1.27. The molecule has 3 unspecified atom stereocenters. The van der Waals surface area contributed by atoms with E-state index in [1.807, 2.05) is 13.8 Å². The second-order valence-corrected chi connectivity index (χ2v) is 9.91. The quantitative estimate of drug-likeness (QED) is 0.292. The van der Waals surface area contributed by atoms with Gasteiger partial charge in [-0.05, 0) is 27.2 Å². The van der Waals surface area contributed by atoms with Crippen molar-refractivity contribution >= 4 is 33.7 Å². The van der Waals surface area contributed by atoms with Crippen LogP contribution in [0.15, 0.2) is 25.3 Å². The van der Waals surface area contributed by atoms with Crippen molar-refractivity contribution in [3.8, 4) is 0 Å². The Morgan fingerprint density at radius 3 is 2.61 bits per heavy atom.